The van der Waals surface area contributed by atoms with Gasteiger partial charge in [0.25, 0.3) is 0 Å². The van der Waals surface area contributed by atoms with E-state index in [4.69, 9.17) is 26.1 Å². The van der Waals surface area contributed by atoms with E-state index in [1.807, 2.05) is 24.4 Å². The minimum atomic E-state index is 0.416. The minimum absolute atomic E-state index is 0.416. The molecule has 1 aromatic carbocycles. The summed E-state index contributed by atoms with van der Waals surface area (Å²) in [7, 11) is 1.65. The Kier molecular flexibility index (Phi) is 6.69. The molecule has 0 saturated carbocycles. The van der Waals surface area contributed by atoms with Crippen LogP contribution in [0.2, 0.25) is 5.02 Å². The second-order valence-electron chi connectivity index (χ2n) is 7.47. The highest BCUT2D eigenvalue weighted by molar-refractivity contribution is 6.32. The number of methoxy groups -OCH3 is 1. The van der Waals surface area contributed by atoms with E-state index >= 15 is 0 Å². The Morgan fingerprint density at radius 1 is 1.17 bits per heavy atom. The molecule has 0 bridgehead atoms. The zero-order chi connectivity index (χ0) is 20.1. The van der Waals surface area contributed by atoms with Gasteiger partial charge in [-0.1, -0.05) is 23.7 Å². The van der Waals surface area contributed by atoms with Gasteiger partial charge in [0.2, 0.25) is 5.95 Å². The molecule has 0 atom stereocenters. The minimum Gasteiger partial charge on any atom is -0.495 e. The lowest BCUT2D eigenvalue weighted by molar-refractivity contribution is 0.122. The van der Waals surface area contributed by atoms with Gasteiger partial charge in [0.1, 0.15) is 11.6 Å². The van der Waals surface area contributed by atoms with Crippen molar-refractivity contribution in [3.63, 3.8) is 0 Å². The maximum Gasteiger partial charge on any atom is 0.227 e. The summed E-state index contributed by atoms with van der Waals surface area (Å²) in [5.41, 5.74) is 1.11. The maximum atomic E-state index is 6.45. The van der Waals surface area contributed by atoms with Gasteiger partial charge >= 0.3 is 0 Å². The van der Waals surface area contributed by atoms with Crippen molar-refractivity contribution in [3.8, 4) is 5.75 Å². The lowest BCUT2D eigenvalue weighted by Crippen LogP contribution is -2.39. The molecular formula is C21H28ClN5O2. The first-order chi connectivity index (χ1) is 14.2. The van der Waals surface area contributed by atoms with Gasteiger partial charge in [-0.05, 0) is 30.5 Å². The number of nitrogens with one attached hydrogen (secondary N) is 1. The molecule has 29 heavy (non-hydrogen) atoms. The Balaban J connectivity index is 1.30. The van der Waals surface area contributed by atoms with Crippen molar-refractivity contribution in [1.82, 2.24) is 14.9 Å². The molecule has 2 aliphatic heterocycles. The molecule has 0 spiro atoms. The average Bonchev–Trinajstić information content (AvgIpc) is 2.77. The Bertz CT molecular complexity index is 807. The standard InChI is InChI=1S/C21H28ClN5O2/c1-28-18-4-2-3-16(20(18)22)15-26-9-6-17(7-10-26)24-19-5-8-23-21(25-19)27-11-13-29-14-12-27/h2-5,8,17H,6-7,9-15H2,1H3,(H,23,24,25). The van der Waals surface area contributed by atoms with Crippen molar-refractivity contribution in [1.29, 1.82) is 0 Å². The number of hydrogen-bond donors (Lipinski definition) is 1. The number of hydrogen-bond acceptors (Lipinski definition) is 7. The van der Waals surface area contributed by atoms with Crippen LogP contribution in [-0.4, -0.2) is 67.4 Å². The Hall–Kier alpha value is -2.09. The van der Waals surface area contributed by atoms with E-state index in [2.05, 4.69) is 26.2 Å². The number of piperidine rings is 1. The fraction of sp³-hybridized carbons (Fsp3) is 0.524. The number of ether oxygens (including phenoxy) is 2. The summed E-state index contributed by atoms with van der Waals surface area (Å²) in [5, 5.41) is 4.31. The van der Waals surface area contributed by atoms with Crippen molar-refractivity contribution < 1.29 is 9.47 Å². The van der Waals surface area contributed by atoms with E-state index in [9.17, 15) is 0 Å². The number of benzene rings is 1. The molecule has 1 aromatic heterocycles. The van der Waals surface area contributed by atoms with Gasteiger partial charge in [0.15, 0.2) is 0 Å². The average molecular weight is 418 g/mol. The van der Waals surface area contributed by atoms with Crippen LogP contribution in [0, 0.1) is 0 Å². The molecule has 1 N–H and O–H groups in total. The van der Waals surface area contributed by atoms with E-state index in [1.54, 1.807) is 7.11 Å². The van der Waals surface area contributed by atoms with Gasteiger partial charge in [0, 0.05) is 45.0 Å². The third-order valence-electron chi connectivity index (χ3n) is 5.53. The van der Waals surface area contributed by atoms with E-state index in [-0.39, 0.29) is 0 Å². The molecule has 8 heteroatoms. The molecule has 0 radical (unpaired) electrons. The quantitative estimate of drug-likeness (QED) is 0.774. The zero-order valence-corrected chi connectivity index (χ0v) is 17.6. The fourth-order valence-electron chi connectivity index (χ4n) is 3.87. The molecule has 0 amide bonds. The highest BCUT2D eigenvalue weighted by atomic mass is 35.5. The first-order valence-electron chi connectivity index (χ1n) is 10.2. The van der Waals surface area contributed by atoms with E-state index in [0.29, 0.717) is 11.1 Å². The number of morpholine rings is 1. The van der Waals surface area contributed by atoms with Gasteiger partial charge in [-0.25, -0.2) is 4.98 Å². The molecule has 2 aromatic rings. The van der Waals surface area contributed by atoms with E-state index in [0.717, 1.165) is 81.9 Å². The van der Waals surface area contributed by atoms with Crippen molar-refractivity contribution in [3.05, 3.63) is 41.0 Å². The van der Waals surface area contributed by atoms with Gasteiger partial charge in [-0.2, -0.15) is 4.98 Å². The van der Waals surface area contributed by atoms with Crippen LogP contribution in [-0.2, 0) is 11.3 Å². The predicted octanol–water partition coefficient (Wildman–Crippen LogP) is 3.05. The van der Waals surface area contributed by atoms with Crippen LogP contribution in [0.5, 0.6) is 5.75 Å². The highest BCUT2D eigenvalue weighted by Gasteiger charge is 2.21. The monoisotopic (exact) mass is 417 g/mol. The normalized spacial score (nSPS) is 18.6. The van der Waals surface area contributed by atoms with Gasteiger partial charge in [0.05, 0.1) is 25.3 Å². The van der Waals surface area contributed by atoms with Crippen molar-refractivity contribution in [2.24, 2.45) is 0 Å². The second kappa shape index (κ2) is 9.61. The Labute approximate surface area is 177 Å². The second-order valence-corrected chi connectivity index (χ2v) is 7.85. The number of halogens is 1. The molecule has 156 valence electrons. The first kappa shape index (κ1) is 20.2. The Morgan fingerprint density at radius 2 is 1.97 bits per heavy atom. The molecule has 4 rings (SSSR count). The molecule has 3 heterocycles. The summed E-state index contributed by atoms with van der Waals surface area (Å²) < 4.78 is 10.7. The number of likely N-dealkylation sites (tertiary alicyclic amines) is 1. The summed E-state index contributed by atoms with van der Waals surface area (Å²) in [6.07, 6.45) is 3.97. The SMILES string of the molecule is COc1cccc(CN2CCC(Nc3ccnc(N4CCOCC4)n3)CC2)c1Cl. The van der Waals surface area contributed by atoms with Crippen LogP contribution in [0.15, 0.2) is 30.5 Å². The number of rotatable bonds is 6. The third-order valence-corrected chi connectivity index (χ3v) is 5.96. The van der Waals surface area contributed by atoms with Crippen molar-refractivity contribution in [2.75, 3.05) is 56.7 Å². The lowest BCUT2D eigenvalue weighted by Gasteiger charge is -2.33. The van der Waals surface area contributed by atoms with E-state index < -0.39 is 0 Å². The number of anilines is 2. The van der Waals surface area contributed by atoms with E-state index in [1.165, 1.54) is 0 Å². The van der Waals surface area contributed by atoms with Crippen LogP contribution in [0.3, 0.4) is 0 Å². The smallest absolute Gasteiger partial charge is 0.227 e. The molecule has 0 unspecified atom stereocenters. The Morgan fingerprint density at radius 3 is 2.72 bits per heavy atom. The van der Waals surface area contributed by atoms with Crippen molar-refractivity contribution >= 4 is 23.4 Å². The third kappa shape index (κ3) is 5.10. The maximum absolute atomic E-state index is 6.45. The van der Waals surface area contributed by atoms with Crippen LogP contribution >= 0.6 is 11.6 Å². The lowest BCUT2D eigenvalue weighted by atomic mass is 10.0. The number of aromatic nitrogens is 2. The summed E-state index contributed by atoms with van der Waals surface area (Å²) in [6, 6.07) is 8.33. The molecule has 7 nitrogen and oxygen atoms in total. The summed E-state index contributed by atoms with van der Waals surface area (Å²) in [5.74, 6) is 2.42. The predicted molar refractivity (Wildman–Crippen MR) is 115 cm³/mol. The fourth-order valence-corrected chi connectivity index (χ4v) is 4.13. The molecule has 2 saturated heterocycles. The van der Waals surface area contributed by atoms with Gasteiger partial charge in [-0.15, -0.1) is 0 Å². The molecule has 0 aliphatic carbocycles. The van der Waals surface area contributed by atoms with Gasteiger partial charge in [-0.3, -0.25) is 4.90 Å². The highest BCUT2D eigenvalue weighted by Crippen LogP contribution is 2.29. The summed E-state index contributed by atoms with van der Waals surface area (Å²) in [4.78, 5) is 13.8. The van der Waals surface area contributed by atoms with Crippen molar-refractivity contribution in [2.45, 2.75) is 25.4 Å². The zero-order valence-electron chi connectivity index (χ0n) is 16.8. The van der Waals surface area contributed by atoms with Crippen LogP contribution in [0.1, 0.15) is 18.4 Å². The summed E-state index contributed by atoms with van der Waals surface area (Å²) in [6.45, 7) is 6.04. The first-order valence-corrected chi connectivity index (χ1v) is 10.6. The van der Waals surface area contributed by atoms with Gasteiger partial charge < -0.3 is 19.7 Å². The summed E-state index contributed by atoms with van der Waals surface area (Å²) >= 11 is 6.45. The molecule has 2 aliphatic rings. The largest absolute Gasteiger partial charge is 0.495 e. The van der Waals surface area contributed by atoms with Crippen LogP contribution in [0.4, 0.5) is 11.8 Å². The molecular weight excluding hydrogens is 390 g/mol. The van der Waals surface area contributed by atoms with Crippen LogP contribution in [0.25, 0.3) is 0 Å². The molecule has 2 fully saturated rings. The topological polar surface area (TPSA) is 62.8 Å². The van der Waals surface area contributed by atoms with Crippen LogP contribution < -0.4 is 15.0 Å². The number of nitrogens with zero attached hydrogens (tertiary/aromatic N) is 4.